The molecule has 10 heteroatoms. The number of nitrogens with zero attached hydrogens (tertiary/aromatic N) is 2. The van der Waals surface area contributed by atoms with Gasteiger partial charge in [-0.05, 0) is 55.2 Å². The van der Waals surface area contributed by atoms with E-state index in [1.807, 2.05) is 0 Å². The molecule has 0 bridgehead atoms. The first kappa shape index (κ1) is 22.4. The molecular formula is C23H21F3N4O3. The summed E-state index contributed by atoms with van der Waals surface area (Å²) in [5, 5.41) is 17.1. The molecule has 1 heterocycles. The number of amides is 2. The Bertz CT molecular complexity index is 1220. The zero-order valence-electron chi connectivity index (χ0n) is 17.4. The van der Waals surface area contributed by atoms with E-state index in [1.54, 1.807) is 6.07 Å². The van der Waals surface area contributed by atoms with Crippen molar-refractivity contribution in [1.82, 2.24) is 9.78 Å². The van der Waals surface area contributed by atoms with Crippen LogP contribution in [0.4, 0.5) is 23.7 Å². The molecule has 1 saturated carbocycles. The number of nitrogens with two attached hydrogens (primary N) is 1. The van der Waals surface area contributed by atoms with Gasteiger partial charge in [0.2, 0.25) is 0 Å². The van der Waals surface area contributed by atoms with Crippen LogP contribution in [0.15, 0.2) is 48.5 Å². The Hall–Kier alpha value is -3.82. The Labute approximate surface area is 187 Å². The summed E-state index contributed by atoms with van der Waals surface area (Å²) in [6.45, 7) is 0. The van der Waals surface area contributed by atoms with Crippen molar-refractivity contribution in [3.63, 3.8) is 0 Å². The highest BCUT2D eigenvalue weighted by Gasteiger charge is 2.31. The van der Waals surface area contributed by atoms with Crippen molar-refractivity contribution in [2.24, 2.45) is 11.7 Å². The first-order chi connectivity index (χ1) is 15.6. The number of nitrogens with one attached hydrogen (secondary N) is 1. The van der Waals surface area contributed by atoms with E-state index in [2.05, 4.69) is 10.4 Å². The van der Waals surface area contributed by atoms with Crippen LogP contribution in [0.25, 0.3) is 11.3 Å². The van der Waals surface area contributed by atoms with Crippen molar-refractivity contribution >= 4 is 17.6 Å². The molecule has 4 N–H and O–H groups in total. The molecule has 0 radical (unpaired) electrons. The Morgan fingerprint density at radius 3 is 2.55 bits per heavy atom. The minimum atomic E-state index is -4.57. The van der Waals surface area contributed by atoms with Gasteiger partial charge >= 0.3 is 12.2 Å². The van der Waals surface area contributed by atoms with Gasteiger partial charge < -0.3 is 16.2 Å². The predicted molar refractivity (Wildman–Crippen MR) is 115 cm³/mol. The van der Waals surface area contributed by atoms with Gasteiger partial charge in [0.1, 0.15) is 5.75 Å². The lowest BCUT2D eigenvalue weighted by molar-refractivity contribution is -0.137. The van der Waals surface area contributed by atoms with Crippen LogP contribution in [0.3, 0.4) is 0 Å². The number of phenols is 1. The molecule has 1 aromatic heterocycles. The van der Waals surface area contributed by atoms with E-state index in [-0.39, 0.29) is 17.0 Å². The van der Waals surface area contributed by atoms with Crippen molar-refractivity contribution in [2.75, 3.05) is 5.32 Å². The molecule has 2 amide bonds. The largest absolute Gasteiger partial charge is 0.507 e. The second-order valence-electron chi connectivity index (χ2n) is 8.02. The number of aromatic hydroxyl groups is 1. The quantitative estimate of drug-likeness (QED) is 0.493. The number of anilines is 1. The fourth-order valence-electron chi connectivity index (χ4n) is 3.54. The van der Waals surface area contributed by atoms with Crippen molar-refractivity contribution in [2.45, 2.75) is 31.9 Å². The topological polar surface area (TPSA) is 110 Å². The highest BCUT2D eigenvalue weighted by atomic mass is 19.4. The van der Waals surface area contributed by atoms with E-state index >= 15 is 0 Å². The van der Waals surface area contributed by atoms with Crippen molar-refractivity contribution in [3.05, 3.63) is 65.4 Å². The summed E-state index contributed by atoms with van der Waals surface area (Å²) < 4.78 is 39.8. The molecule has 0 spiro atoms. The second-order valence-corrected chi connectivity index (χ2v) is 8.02. The van der Waals surface area contributed by atoms with Crippen molar-refractivity contribution in [1.29, 1.82) is 0 Å². The molecular weight excluding hydrogens is 437 g/mol. The molecule has 0 unspecified atom stereocenters. The van der Waals surface area contributed by atoms with Gasteiger partial charge in [0.05, 0.1) is 11.3 Å². The fourth-order valence-corrected chi connectivity index (χ4v) is 3.54. The number of alkyl halides is 3. The molecule has 2 aromatic carbocycles. The number of phenolic OH excluding ortho intramolecular Hbond substituents is 1. The molecule has 0 atom stereocenters. The van der Waals surface area contributed by atoms with E-state index < -0.39 is 23.7 Å². The van der Waals surface area contributed by atoms with Crippen LogP contribution in [-0.4, -0.2) is 26.8 Å². The maximum atomic E-state index is 12.9. The summed E-state index contributed by atoms with van der Waals surface area (Å²) in [7, 11) is 0. The van der Waals surface area contributed by atoms with Crippen LogP contribution in [0, 0.1) is 5.92 Å². The predicted octanol–water partition coefficient (Wildman–Crippen LogP) is 4.80. The molecule has 7 nitrogen and oxygen atoms in total. The van der Waals surface area contributed by atoms with Gasteiger partial charge in [-0.2, -0.15) is 23.0 Å². The van der Waals surface area contributed by atoms with E-state index in [4.69, 9.17) is 5.73 Å². The van der Waals surface area contributed by atoms with Gasteiger partial charge in [0, 0.05) is 28.6 Å². The molecule has 1 aliphatic rings. The third-order valence-corrected chi connectivity index (χ3v) is 5.48. The number of aromatic nitrogens is 2. The fraction of sp³-hybridized carbons (Fsp3) is 0.261. The number of halogens is 3. The van der Waals surface area contributed by atoms with E-state index in [1.165, 1.54) is 37.1 Å². The molecule has 4 rings (SSSR count). The Morgan fingerprint density at radius 1 is 1.15 bits per heavy atom. The molecule has 33 heavy (non-hydrogen) atoms. The molecule has 0 aliphatic heterocycles. The van der Waals surface area contributed by atoms with Crippen LogP contribution in [0.2, 0.25) is 0 Å². The number of carbonyl (C=O) groups is 2. The van der Waals surface area contributed by atoms with Crippen molar-refractivity contribution < 1.29 is 27.9 Å². The number of carbonyl (C=O) groups excluding carboxylic acids is 2. The first-order valence-electron chi connectivity index (χ1n) is 10.3. The highest BCUT2D eigenvalue weighted by molar-refractivity contribution is 6.04. The van der Waals surface area contributed by atoms with E-state index in [0.717, 1.165) is 29.3 Å². The molecule has 1 fully saturated rings. The number of hydrogen-bond acceptors (Lipinski definition) is 4. The summed E-state index contributed by atoms with van der Waals surface area (Å²) in [6, 6.07) is 9.23. The molecule has 0 saturated heterocycles. The summed E-state index contributed by atoms with van der Waals surface area (Å²) >= 11 is 0. The van der Waals surface area contributed by atoms with Crippen LogP contribution in [0.5, 0.6) is 5.75 Å². The minimum Gasteiger partial charge on any atom is -0.507 e. The zero-order valence-corrected chi connectivity index (χ0v) is 17.4. The number of aryl methyl sites for hydroxylation is 1. The maximum absolute atomic E-state index is 12.9. The smallest absolute Gasteiger partial charge is 0.416 e. The monoisotopic (exact) mass is 458 g/mol. The molecule has 3 aromatic rings. The standard InChI is InChI=1S/C23H21F3N4O3/c24-23(25,26)15-3-1-2-14(10-15)21(32)28-16-7-9-18(20(31)11-16)19-12-17(8-6-13-4-5-13)30(29-19)22(27)33/h1-3,7,9-13,31H,4-6,8H2,(H2,27,33)(H,28,32). The summed E-state index contributed by atoms with van der Waals surface area (Å²) in [4.78, 5) is 24.1. The lowest BCUT2D eigenvalue weighted by Gasteiger charge is -2.10. The molecule has 1 aliphatic carbocycles. The Balaban J connectivity index is 1.53. The minimum absolute atomic E-state index is 0.172. The first-order valence-corrected chi connectivity index (χ1v) is 10.3. The molecule has 172 valence electrons. The van der Waals surface area contributed by atoms with Gasteiger partial charge in [-0.3, -0.25) is 4.79 Å². The third-order valence-electron chi connectivity index (χ3n) is 5.48. The van der Waals surface area contributed by atoms with Gasteiger partial charge in [0.25, 0.3) is 5.91 Å². The average molecular weight is 458 g/mol. The number of primary amides is 1. The average Bonchev–Trinajstić information content (AvgIpc) is 3.49. The third kappa shape index (κ3) is 5.16. The lowest BCUT2D eigenvalue weighted by atomic mass is 10.1. The van der Waals surface area contributed by atoms with Gasteiger partial charge in [0.15, 0.2) is 0 Å². The number of hydrogen-bond donors (Lipinski definition) is 3. The highest BCUT2D eigenvalue weighted by Crippen LogP contribution is 2.35. The summed E-state index contributed by atoms with van der Waals surface area (Å²) in [5.41, 5.74) is 5.80. The van der Waals surface area contributed by atoms with Crippen LogP contribution < -0.4 is 11.1 Å². The second kappa shape index (κ2) is 8.61. The zero-order chi connectivity index (χ0) is 23.8. The Kier molecular flexibility index (Phi) is 5.84. The van der Waals surface area contributed by atoms with Crippen LogP contribution in [-0.2, 0) is 12.6 Å². The van der Waals surface area contributed by atoms with Gasteiger partial charge in [-0.1, -0.05) is 18.9 Å². The SMILES string of the molecule is NC(=O)n1nc(-c2ccc(NC(=O)c3cccc(C(F)(F)F)c3)cc2O)cc1CCC1CC1. The van der Waals surface area contributed by atoms with Crippen LogP contribution >= 0.6 is 0 Å². The van der Waals surface area contributed by atoms with E-state index in [0.29, 0.717) is 29.3 Å². The number of rotatable bonds is 6. The van der Waals surface area contributed by atoms with Crippen molar-refractivity contribution in [3.8, 4) is 17.0 Å². The summed E-state index contributed by atoms with van der Waals surface area (Å²) in [6.07, 6.45) is -0.669. The van der Waals surface area contributed by atoms with Gasteiger partial charge in [-0.15, -0.1) is 0 Å². The van der Waals surface area contributed by atoms with Gasteiger partial charge in [-0.25, -0.2) is 4.79 Å². The summed E-state index contributed by atoms with van der Waals surface area (Å²) in [5.74, 6) is -0.328. The Morgan fingerprint density at radius 2 is 1.91 bits per heavy atom. The van der Waals surface area contributed by atoms with Crippen LogP contribution in [0.1, 0.15) is 40.9 Å². The number of benzene rings is 2. The van der Waals surface area contributed by atoms with E-state index in [9.17, 15) is 27.9 Å². The maximum Gasteiger partial charge on any atom is 0.416 e. The normalized spacial score (nSPS) is 13.7. The lowest BCUT2D eigenvalue weighted by Crippen LogP contribution is -2.23.